The summed E-state index contributed by atoms with van der Waals surface area (Å²) in [6.07, 6.45) is 2.33. The minimum absolute atomic E-state index is 0.605. The van der Waals surface area contributed by atoms with Gasteiger partial charge in [-0.15, -0.1) is 0 Å². The predicted molar refractivity (Wildman–Crippen MR) is 47.3 cm³/mol. The molecule has 60 valence electrons. The zero-order chi connectivity index (χ0) is 8.39. The summed E-state index contributed by atoms with van der Waals surface area (Å²) in [7, 11) is 0. The monoisotopic (exact) mass is 178 g/mol. The van der Waals surface area contributed by atoms with Gasteiger partial charge in [0.2, 0.25) is 0 Å². The summed E-state index contributed by atoms with van der Waals surface area (Å²) in [6.45, 7) is 0. The van der Waals surface area contributed by atoms with E-state index < -0.39 is 0 Å². The lowest BCUT2D eigenvalue weighted by molar-refractivity contribution is 0.112. The Bertz CT molecular complexity index is 377. The lowest BCUT2D eigenvalue weighted by atomic mass is 10.2. The second-order valence-corrected chi connectivity index (χ2v) is 3.11. The number of carbonyl (C=O) groups excluding carboxylic acids is 1. The maximum Gasteiger partial charge on any atom is 0.153 e. The molecule has 12 heavy (non-hydrogen) atoms. The van der Waals surface area contributed by atoms with Crippen LogP contribution in [0.4, 0.5) is 0 Å². The average Bonchev–Trinajstić information content (AvgIpc) is 2.74. The van der Waals surface area contributed by atoms with Gasteiger partial charge in [-0.2, -0.15) is 16.4 Å². The van der Waals surface area contributed by atoms with Gasteiger partial charge >= 0.3 is 0 Å². The molecule has 0 aliphatic rings. The Kier molecular flexibility index (Phi) is 1.75. The number of thiophene rings is 1. The van der Waals surface area contributed by atoms with Crippen LogP contribution < -0.4 is 0 Å². The van der Waals surface area contributed by atoms with E-state index >= 15 is 0 Å². The van der Waals surface area contributed by atoms with Crippen LogP contribution in [0.5, 0.6) is 0 Å². The SMILES string of the molecule is O=Cc1cn[nH]c1-c1ccsc1. The Morgan fingerprint density at radius 1 is 1.58 bits per heavy atom. The summed E-state index contributed by atoms with van der Waals surface area (Å²) in [6, 6.07) is 1.95. The van der Waals surface area contributed by atoms with Gasteiger partial charge in [0.15, 0.2) is 6.29 Å². The van der Waals surface area contributed by atoms with E-state index in [-0.39, 0.29) is 0 Å². The summed E-state index contributed by atoms with van der Waals surface area (Å²) in [5.74, 6) is 0. The molecule has 0 aliphatic carbocycles. The van der Waals surface area contributed by atoms with Crippen molar-refractivity contribution in [1.82, 2.24) is 10.2 Å². The molecule has 0 unspecified atom stereocenters. The zero-order valence-electron chi connectivity index (χ0n) is 6.15. The highest BCUT2D eigenvalue weighted by Gasteiger charge is 2.05. The van der Waals surface area contributed by atoms with Gasteiger partial charge < -0.3 is 0 Å². The van der Waals surface area contributed by atoms with E-state index in [0.29, 0.717) is 5.56 Å². The average molecular weight is 178 g/mol. The fraction of sp³-hybridized carbons (Fsp3) is 0. The molecule has 4 heteroatoms. The van der Waals surface area contributed by atoms with E-state index in [1.54, 1.807) is 11.3 Å². The van der Waals surface area contributed by atoms with Gasteiger partial charge in [-0.1, -0.05) is 0 Å². The molecule has 2 aromatic rings. The first-order valence-electron chi connectivity index (χ1n) is 3.43. The van der Waals surface area contributed by atoms with Crippen LogP contribution in [0, 0.1) is 0 Å². The first kappa shape index (κ1) is 7.24. The van der Waals surface area contributed by atoms with Crippen molar-refractivity contribution >= 4 is 17.6 Å². The topological polar surface area (TPSA) is 45.8 Å². The first-order chi connectivity index (χ1) is 5.92. The van der Waals surface area contributed by atoms with E-state index in [4.69, 9.17) is 0 Å². The molecule has 1 N–H and O–H groups in total. The van der Waals surface area contributed by atoms with Crippen LogP contribution in [0.2, 0.25) is 0 Å². The minimum atomic E-state index is 0.605. The maximum atomic E-state index is 10.5. The van der Waals surface area contributed by atoms with Crippen LogP contribution in [0.25, 0.3) is 11.3 Å². The van der Waals surface area contributed by atoms with Crippen LogP contribution >= 0.6 is 11.3 Å². The number of aromatic nitrogens is 2. The van der Waals surface area contributed by atoms with Crippen molar-refractivity contribution in [2.45, 2.75) is 0 Å². The van der Waals surface area contributed by atoms with E-state index in [0.717, 1.165) is 17.5 Å². The number of rotatable bonds is 2. The van der Waals surface area contributed by atoms with Gasteiger partial charge in [0.1, 0.15) is 0 Å². The Hall–Kier alpha value is -1.42. The molecular formula is C8H6N2OS. The van der Waals surface area contributed by atoms with Crippen LogP contribution in [-0.2, 0) is 0 Å². The molecule has 3 nitrogen and oxygen atoms in total. The number of hydrogen-bond acceptors (Lipinski definition) is 3. The molecule has 0 amide bonds. The maximum absolute atomic E-state index is 10.5. The van der Waals surface area contributed by atoms with Gasteiger partial charge in [-0.05, 0) is 11.4 Å². The van der Waals surface area contributed by atoms with Gasteiger partial charge in [-0.25, -0.2) is 0 Å². The van der Waals surface area contributed by atoms with Gasteiger partial charge in [0.05, 0.1) is 17.5 Å². The molecule has 0 aromatic carbocycles. The molecule has 0 aliphatic heterocycles. The van der Waals surface area contributed by atoms with Crippen molar-refractivity contribution in [1.29, 1.82) is 0 Å². The third-order valence-electron chi connectivity index (χ3n) is 1.61. The molecule has 2 aromatic heterocycles. The number of aldehydes is 1. The van der Waals surface area contributed by atoms with E-state index in [1.807, 2.05) is 16.8 Å². The van der Waals surface area contributed by atoms with Crippen LogP contribution in [0.3, 0.4) is 0 Å². The third-order valence-corrected chi connectivity index (χ3v) is 2.29. The van der Waals surface area contributed by atoms with Crippen molar-refractivity contribution in [2.24, 2.45) is 0 Å². The lowest BCUT2D eigenvalue weighted by Gasteiger charge is -1.90. The number of aromatic amines is 1. The van der Waals surface area contributed by atoms with Crippen molar-refractivity contribution < 1.29 is 4.79 Å². The summed E-state index contributed by atoms with van der Waals surface area (Å²) < 4.78 is 0. The smallest absolute Gasteiger partial charge is 0.153 e. The number of carbonyl (C=O) groups is 1. The Morgan fingerprint density at radius 3 is 3.17 bits per heavy atom. The quantitative estimate of drug-likeness (QED) is 0.714. The van der Waals surface area contributed by atoms with Crippen molar-refractivity contribution in [3.05, 3.63) is 28.6 Å². The van der Waals surface area contributed by atoms with Crippen molar-refractivity contribution in [3.63, 3.8) is 0 Å². The Morgan fingerprint density at radius 2 is 2.50 bits per heavy atom. The number of H-pyrrole nitrogens is 1. The molecular weight excluding hydrogens is 172 g/mol. The number of nitrogens with zero attached hydrogens (tertiary/aromatic N) is 1. The Balaban J connectivity index is 2.53. The van der Waals surface area contributed by atoms with Crippen LogP contribution in [-0.4, -0.2) is 16.5 Å². The molecule has 0 fully saturated rings. The first-order valence-corrected chi connectivity index (χ1v) is 4.37. The molecule has 0 atom stereocenters. The summed E-state index contributed by atoms with van der Waals surface area (Å²) in [5.41, 5.74) is 2.42. The normalized spacial score (nSPS) is 10.0. The van der Waals surface area contributed by atoms with Crippen LogP contribution in [0.15, 0.2) is 23.0 Å². The van der Waals surface area contributed by atoms with Gasteiger partial charge in [0, 0.05) is 10.9 Å². The zero-order valence-corrected chi connectivity index (χ0v) is 6.97. The largest absolute Gasteiger partial charge is 0.298 e. The third kappa shape index (κ3) is 1.06. The van der Waals surface area contributed by atoms with Crippen molar-refractivity contribution in [2.75, 3.05) is 0 Å². The van der Waals surface area contributed by atoms with E-state index in [1.165, 1.54) is 6.20 Å². The highest BCUT2D eigenvalue weighted by atomic mass is 32.1. The number of hydrogen-bond donors (Lipinski definition) is 1. The minimum Gasteiger partial charge on any atom is -0.298 e. The molecule has 2 rings (SSSR count). The van der Waals surface area contributed by atoms with Gasteiger partial charge in [-0.3, -0.25) is 9.89 Å². The molecule has 0 spiro atoms. The molecule has 0 saturated carbocycles. The summed E-state index contributed by atoms with van der Waals surface area (Å²) in [4.78, 5) is 10.5. The van der Waals surface area contributed by atoms with Crippen LogP contribution in [0.1, 0.15) is 10.4 Å². The second-order valence-electron chi connectivity index (χ2n) is 2.33. The fourth-order valence-electron chi connectivity index (χ4n) is 1.02. The molecule has 2 heterocycles. The second kappa shape index (κ2) is 2.91. The standard InChI is InChI=1S/C8H6N2OS/c11-4-7-3-9-10-8(7)6-1-2-12-5-6/h1-5H,(H,9,10). The molecule has 0 radical (unpaired) electrons. The lowest BCUT2D eigenvalue weighted by Crippen LogP contribution is -1.80. The van der Waals surface area contributed by atoms with E-state index in [2.05, 4.69) is 10.2 Å². The van der Waals surface area contributed by atoms with Crippen molar-refractivity contribution in [3.8, 4) is 11.3 Å². The molecule has 0 bridgehead atoms. The predicted octanol–water partition coefficient (Wildman–Crippen LogP) is 1.95. The summed E-state index contributed by atoms with van der Waals surface area (Å²) >= 11 is 1.59. The highest BCUT2D eigenvalue weighted by Crippen LogP contribution is 2.21. The number of nitrogens with one attached hydrogen (secondary N) is 1. The fourth-order valence-corrected chi connectivity index (χ4v) is 1.67. The summed E-state index contributed by atoms with van der Waals surface area (Å²) in [5, 5.41) is 10.5. The Labute approximate surface area is 73.1 Å². The molecule has 0 saturated heterocycles. The highest BCUT2D eigenvalue weighted by molar-refractivity contribution is 7.08. The van der Waals surface area contributed by atoms with Gasteiger partial charge in [0.25, 0.3) is 0 Å². The van der Waals surface area contributed by atoms with E-state index in [9.17, 15) is 4.79 Å².